The van der Waals surface area contributed by atoms with E-state index in [1.54, 1.807) is 19.1 Å². The van der Waals surface area contributed by atoms with Crippen molar-refractivity contribution in [3.8, 4) is 5.75 Å². The van der Waals surface area contributed by atoms with Crippen molar-refractivity contribution in [3.63, 3.8) is 0 Å². The molecule has 0 bridgehead atoms. The highest BCUT2D eigenvalue weighted by molar-refractivity contribution is 5.79. The number of hydrogen-bond donors (Lipinski definition) is 1. The summed E-state index contributed by atoms with van der Waals surface area (Å²) in [5.74, 6) is 0.558. The summed E-state index contributed by atoms with van der Waals surface area (Å²) >= 11 is 0. The van der Waals surface area contributed by atoms with E-state index < -0.39 is 0 Å². The minimum Gasteiger partial charge on any atom is -0.496 e. The number of benzene rings is 2. The van der Waals surface area contributed by atoms with Crippen LogP contribution in [0.2, 0.25) is 0 Å². The van der Waals surface area contributed by atoms with E-state index in [0.29, 0.717) is 6.54 Å². The fraction of sp³-hybridized carbons (Fsp3) is 0.333. The van der Waals surface area contributed by atoms with Crippen molar-refractivity contribution in [3.05, 3.63) is 65.2 Å². The summed E-state index contributed by atoms with van der Waals surface area (Å²) in [7, 11) is 3.39. The van der Waals surface area contributed by atoms with Crippen LogP contribution in [0.3, 0.4) is 0 Å². The van der Waals surface area contributed by atoms with E-state index >= 15 is 0 Å². The number of aryl methyl sites for hydroxylation is 1. The molecule has 2 rings (SSSR count). The van der Waals surface area contributed by atoms with Gasteiger partial charge in [0.15, 0.2) is 0 Å². The summed E-state index contributed by atoms with van der Waals surface area (Å²) in [6.07, 6.45) is 0.203. The van der Waals surface area contributed by atoms with Crippen LogP contribution in [0.4, 0.5) is 0 Å². The highest BCUT2D eigenvalue weighted by Crippen LogP contribution is 2.23. The highest BCUT2D eigenvalue weighted by atomic mass is 16.5. The smallest absolute Gasteiger partial charge is 0.225 e. The van der Waals surface area contributed by atoms with Crippen LogP contribution in [-0.4, -0.2) is 30.9 Å². The zero-order valence-corrected chi connectivity index (χ0v) is 15.8. The molecule has 2 aromatic carbocycles. The molecule has 1 atom stereocenters. The predicted molar refractivity (Wildman–Crippen MR) is 102 cm³/mol. The zero-order valence-electron chi connectivity index (χ0n) is 15.8. The van der Waals surface area contributed by atoms with E-state index in [1.807, 2.05) is 55.5 Å². The fourth-order valence-corrected chi connectivity index (χ4v) is 2.89. The zero-order chi connectivity index (χ0) is 19.1. The van der Waals surface area contributed by atoms with Crippen molar-refractivity contribution in [1.29, 1.82) is 0 Å². The molecule has 0 spiro atoms. The van der Waals surface area contributed by atoms with Crippen molar-refractivity contribution in [2.75, 3.05) is 14.2 Å². The second-order valence-electron chi connectivity index (χ2n) is 6.43. The Balaban J connectivity index is 2.11. The summed E-state index contributed by atoms with van der Waals surface area (Å²) in [5.41, 5.74) is 2.98. The number of nitrogens with one attached hydrogen (secondary N) is 1. The van der Waals surface area contributed by atoms with Crippen LogP contribution in [0.15, 0.2) is 48.5 Å². The van der Waals surface area contributed by atoms with Gasteiger partial charge in [-0.25, -0.2) is 0 Å². The molecular weight excluding hydrogens is 328 g/mol. The molecule has 0 aliphatic heterocycles. The third-order valence-corrected chi connectivity index (χ3v) is 4.23. The Labute approximate surface area is 155 Å². The molecule has 0 fully saturated rings. The Hall–Kier alpha value is -2.82. The van der Waals surface area contributed by atoms with Gasteiger partial charge in [-0.1, -0.05) is 48.0 Å². The van der Waals surface area contributed by atoms with Crippen LogP contribution in [0, 0.1) is 6.92 Å². The van der Waals surface area contributed by atoms with Gasteiger partial charge in [0.2, 0.25) is 11.8 Å². The van der Waals surface area contributed by atoms with E-state index in [0.717, 1.165) is 22.4 Å². The number of methoxy groups -OCH3 is 1. The highest BCUT2D eigenvalue weighted by Gasteiger charge is 2.20. The molecule has 0 unspecified atom stereocenters. The van der Waals surface area contributed by atoms with E-state index in [1.165, 1.54) is 6.92 Å². The predicted octanol–water partition coefficient (Wildman–Crippen LogP) is 3.23. The number of nitrogens with zero attached hydrogens (tertiary/aromatic N) is 1. The monoisotopic (exact) mass is 354 g/mol. The molecule has 0 aliphatic rings. The average Bonchev–Trinajstić information content (AvgIpc) is 2.61. The summed E-state index contributed by atoms with van der Waals surface area (Å²) in [5, 5.41) is 2.87. The summed E-state index contributed by atoms with van der Waals surface area (Å²) in [4.78, 5) is 25.9. The van der Waals surface area contributed by atoms with Gasteiger partial charge >= 0.3 is 0 Å². The third-order valence-electron chi connectivity index (χ3n) is 4.23. The number of hydrogen-bond acceptors (Lipinski definition) is 3. The lowest BCUT2D eigenvalue weighted by molar-refractivity contribution is -0.131. The van der Waals surface area contributed by atoms with Crippen LogP contribution in [-0.2, 0) is 16.1 Å². The van der Waals surface area contributed by atoms with E-state index in [2.05, 4.69) is 5.32 Å². The van der Waals surface area contributed by atoms with Gasteiger partial charge in [-0.15, -0.1) is 0 Å². The third kappa shape index (κ3) is 5.34. The van der Waals surface area contributed by atoms with E-state index in [-0.39, 0.29) is 24.3 Å². The molecule has 0 aliphatic carbocycles. The first-order chi connectivity index (χ1) is 12.4. The van der Waals surface area contributed by atoms with Crippen LogP contribution < -0.4 is 10.1 Å². The van der Waals surface area contributed by atoms with E-state index in [9.17, 15) is 9.59 Å². The molecule has 0 saturated heterocycles. The maximum absolute atomic E-state index is 12.7. The molecule has 138 valence electrons. The lowest BCUT2D eigenvalue weighted by atomic mass is 10.0. The number of carbonyl (C=O) groups is 2. The van der Waals surface area contributed by atoms with Crippen molar-refractivity contribution in [2.24, 2.45) is 0 Å². The van der Waals surface area contributed by atoms with Crippen LogP contribution in [0.5, 0.6) is 5.75 Å². The number of amides is 2. The Bertz CT molecular complexity index is 759. The molecule has 5 nitrogen and oxygen atoms in total. The first-order valence-corrected chi connectivity index (χ1v) is 8.60. The molecule has 2 aromatic rings. The Morgan fingerprint density at radius 1 is 1.15 bits per heavy atom. The lowest BCUT2D eigenvalue weighted by Gasteiger charge is -2.23. The van der Waals surface area contributed by atoms with Crippen molar-refractivity contribution in [2.45, 2.75) is 32.9 Å². The second kappa shape index (κ2) is 9.04. The molecule has 0 saturated carbocycles. The largest absolute Gasteiger partial charge is 0.496 e. The average molecular weight is 354 g/mol. The molecule has 0 radical (unpaired) electrons. The molecule has 0 aromatic heterocycles. The first-order valence-electron chi connectivity index (χ1n) is 8.60. The van der Waals surface area contributed by atoms with Crippen molar-refractivity contribution < 1.29 is 14.3 Å². The molecule has 5 heteroatoms. The minimum atomic E-state index is -0.344. The maximum Gasteiger partial charge on any atom is 0.225 e. The molecule has 0 heterocycles. The molecular formula is C21H26N2O3. The van der Waals surface area contributed by atoms with Crippen molar-refractivity contribution in [1.82, 2.24) is 10.2 Å². The van der Waals surface area contributed by atoms with Gasteiger partial charge in [-0.3, -0.25) is 9.59 Å². The quantitative estimate of drug-likeness (QED) is 0.830. The van der Waals surface area contributed by atoms with E-state index in [4.69, 9.17) is 4.74 Å². The Morgan fingerprint density at radius 3 is 2.46 bits per heavy atom. The summed E-state index contributed by atoms with van der Waals surface area (Å²) in [6.45, 7) is 3.92. The van der Waals surface area contributed by atoms with Gasteiger partial charge in [-0.05, 0) is 18.6 Å². The topological polar surface area (TPSA) is 58.6 Å². The molecule has 26 heavy (non-hydrogen) atoms. The number of rotatable bonds is 7. The van der Waals surface area contributed by atoms with Crippen LogP contribution in [0.1, 0.15) is 36.1 Å². The SMILES string of the molecule is COc1ccc(C)cc1CN(C)C(=O)C[C@@H](NC(C)=O)c1ccccc1. The summed E-state index contributed by atoms with van der Waals surface area (Å²) < 4.78 is 5.39. The number of carbonyl (C=O) groups excluding carboxylic acids is 2. The van der Waals surface area contributed by atoms with Crippen LogP contribution >= 0.6 is 0 Å². The Morgan fingerprint density at radius 2 is 1.85 bits per heavy atom. The number of ether oxygens (including phenoxy) is 1. The summed E-state index contributed by atoms with van der Waals surface area (Å²) in [6, 6.07) is 15.1. The maximum atomic E-state index is 12.7. The Kier molecular flexibility index (Phi) is 6.78. The van der Waals surface area contributed by atoms with Gasteiger partial charge in [0.25, 0.3) is 0 Å². The lowest BCUT2D eigenvalue weighted by Crippen LogP contribution is -2.33. The molecule has 2 amide bonds. The van der Waals surface area contributed by atoms with Crippen LogP contribution in [0.25, 0.3) is 0 Å². The van der Waals surface area contributed by atoms with Crippen molar-refractivity contribution >= 4 is 11.8 Å². The second-order valence-corrected chi connectivity index (χ2v) is 6.43. The van der Waals surface area contributed by atoms with Gasteiger partial charge < -0.3 is 15.0 Å². The normalized spacial score (nSPS) is 11.5. The van der Waals surface area contributed by atoms with Gasteiger partial charge in [-0.2, -0.15) is 0 Å². The van der Waals surface area contributed by atoms with Gasteiger partial charge in [0.05, 0.1) is 19.6 Å². The van der Waals surface area contributed by atoms with Gasteiger partial charge in [0, 0.05) is 26.1 Å². The minimum absolute atomic E-state index is 0.0452. The standard InChI is InChI=1S/C21H26N2O3/c1-15-10-11-20(26-4)18(12-15)14-23(3)21(25)13-19(22-16(2)24)17-8-6-5-7-9-17/h5-12,19H,13-14H2,1-4H3,(H,22,24)/t19-/m1/s1. The molecule has 1 N–H and O–H groups in total. The first kappa shape index (κ1) is 19.5. The van der Waals surface area contributed by atoms with Gasteiger partial charge in [0.1, 0.15) is 5.75 Å². The fourth-order valence-electron chi connectivity index (χ4n) is 2.89.